The van der Waals surface area contributed by atoms with Crippen LogP contribution in [-0.2, 0) is 0 Å². The molecule has 3 aromatic rings. The van der Waals surface area contributed by atoms with Crippen LogP contribution in [0.3, 0.4) is 0 Å². The van der Waals surface area contributed by atoms with Crippen molar-refractivity contribution in [2.45, 2.75) is 25.6 Å². The fraction of sp³-hybridized carbons (Fsp3) is 0.167. The molecule has 2 heterocycles. The van der Waals surface area contributed by atoms with Crippen molar-refractivity contribution >= 4 is 11.5 Å². The van der Waals surface area contributed by atoms with Crippen LogP contribution in [-0.4, -0.2) is 22.7 Å². The van der Waals surface area contributed by atoms with E-state index in [2.05, 4.69) is 18.2 Å². The number of ketones is 1. The van der Waals surface area contributed by atoms with Crippen LogP contribution in [0.25, 0.3) is 0 Å². The van der Waals surface area contributed by atoms with Gasteiger partial charge in [0, 0.05) is 17.5 Å². The van der Waals surface area contributed by atoms with E-state index in [1.54, 1.807) is 0 Å². The molecule has 3 aromatic carbocycles. The standard InChI is InChI=1S/C24H20N2O2/c1-16-11-13-18(14-12-16)23(27)24-26-21(19-9-5-6-10-22(19)28-24)15-20(25-26)17-7-3-2-4-8-17/h2-14,21,24H,15H2,1H3/t21-,24-/m0/s1. The number of aryl methyl sites for hydroxylation is 1. The molecule has 0 spiro atoms. The summed E-state index contributed by atoms with van der Waals surface area (Å²) in [5.41, 5.74) is 4.89. The second-order valence-electron chi connectivity index (χ2n) is 7.25. The molecule has 2 atom stereocenters. The van der Waals surface area contributed by atoms with E-state index in [-0.39, 0.29) is 11.8 Å². The zero-order valence-corrected chi connectivity index (χ0v) is 15.6. The van der Waals surface area contributed by atoms with E-state index in [4.69, 9.17) is 9.84 Å². The number of carbonyl (C=O) groups is 1. The minimum absolute atomic E-state index is 0.000413. The van der Waals surface area contributed by atoms with E-state index < -0.39 is 6.23 Å². The lowest BCUT2D eigenvalue weighted by molar-refractivity contribution is -0.00455. The summed E-state index contributed by atoms with van der Waals surface area (Å²) in [7, 11) is 0. The molecule has 0 unspecified atom stereocenters. The summed E-state index contributed by atoms with van der Waals surface area (Å²) in [6.45, 7) is 2.01. The Balaban J connectivity index is 1.56. The van der Waals surface area contributed by atoms with Gasteiger partial charge in [0.25, 0.3) is 6.23 Å². The molecule has 0 aliphatic carbocycles. The average Bonchev–Trinajstić information content (AvgIpc) is 3.20. The molecular formula is C24H20N2O2. The van der Waals surface area contributed by atoms with E-state index in [1.165, 1.54) is 0 Å². The Morgan fingerprint density at radius 3 is 2.46 bits per heavy atom. The molecule has 2 aliphatic heterocycles. The zero-order chi connectivity index (χ0) is 19.1. The number of nitrogens with zero attached hydrogens (tertiary/aromatic N) is 2. The Morgan fingerprint density at radius 2 is 1.68 bits per heavy atom. The molecule has 2 aliphatic rings. The highest BCUT2D eigenvalue weighted by molar-refractivity contribution is 6.03. The van der Waals surface area contributed by atoms with Crippen LogP contribution >= 0.6 is 0 Å². The molecular weight excluding hydrogens is 348 g/mol. The summed E-state index contributed by atoms with van der Waals surface area (Å²) in [6.07, 6.45) is -0.00831. The lowest BCUT2D eigenvalue weighted by Crippen LogP contribution is -2.45. The van der Waals surface area contributed by atoms with E-state index in [9.17, 15) is 4.79 Å². The van der Waals surface area contributed by atoms with Crippen molar-refractivity contribution in [3.8, 4) is 5.75 Å². The predicted molar refractivity (Wildman–Crippen MR) is 109 cm³/mol. The second-order valence-corrected chi connectivity index (χ2v) is 7.25. The van der Waals surface area contributed by atoms with Gasteiger partial charge < -0.3 is 4.74 Å². The van der Waals surface area contributed by atoms with Crippen molar-refractivity contribution < 1.29 is 9.53 Å². The number of rotatable bonds is 3. The molecule has 4 heteroatoms. The summed E-state index contributed by atoms with van der Waals surface area (Å²) >= 11 is 0. The number of carbonyl (C=O) groups excluding carboxylic acids is 1. The number of hydrogen-bond donors (Lipinski definition) is 0. The summed E-state index contributed by atoms with van der Waals surface area (Å²) in [5, 5.41) is 6.67. The minimum Gasteiger partial charge on any atom is -0.461 e. The van der Waals surface area contributed by atoms with Crippen LogP contribution in [0.5, 0.6) is 5.75 Å². The Hall–Kier alpha value is -3.40. The first-order chi connectivity index (χ1) is 13.7. The van der Waals surface area contributed by atoms with E-state index in [0.29, 0.717) is 5.56 Å². The third-order valence-electron chi connectivity index (χ3n) is 5.37. The van der Waals surface area contributed by atoms with Crippen molar-refractivity contribution in [2.24, 2.45) is 5.10 Å². The topological polar surface area (TPSA) is 41.9 Å². The highest BCUT2D eigenvalue weighted by atomic mass is 16.5. The number of para-hydroxylation sites is 1. The van der Waals surface area contributed by atoms with Gasteiger partial charge in [-0.05, 0) is 18.6 Å². The first-order valence-corrected chi connectivity index (χ1v) is 9.48. The Labute approximate surface area is 164 Å². The van der Waals surface area contributed by atoms with Crippen LogP contribution in [0.1, 0.15) is 39.5 Å². The highest BCUT2D eigenvalue weighted by Crippen LogP contribution is 2.43. The largest absolute Gasteiger partial charge is 0.461 e. The van der Waals surface area contributed by atoms with Gasteiger partial charge in [-0.3, -0.25) is 4.79 Å². The minimum atomic E-state index is -0.760. The van der Waals surface area contributed by atoms with Gasteiger partial charge in [0.05, 0.1) is 11.8 Å². The summed E-state index contributed by atoms with van der Waals surface area (Å²) in [5.74, 6) is 0.691. The van der Waals surface area contributed by atoms with Crippen LogP contribution in [0.2, 0.25) is 0 Å². The van der Waals surface area contributed by atoms with Crippen molar-refractivity contribution in [3.63, 3.8) is 0 Å². The molecule has 5 rings (SSSR count). The van der Waals surface area contributed by atoms with Crippen molar-refractivity contribution in [2.75, 3.05) is 0 Å². The summed E-state index contributed by atoms with van der Waals surface area (Å²) in [6, 6.07) is 25.7. The van der Waals surface area contributed by atoms with Gasteiger partial charge in [-0.15, -0.1) is 0 Å². The average molecular weight is 368 g/mol. The van der Waals surface area contributed by atoms with Gasteiger partial charge in [0.15, 0.2) is 0 Å². The molecule has 138 valence electrons. The molecule has 0 aromatic heterocycles. The van der Waals surface area contributed by atoms with Gasteiger partial charge in [0.2, 0.25) is 5.78 Å². The maximum Gasteiger partial charge on any atom is 0.251 e. The monoisotopic (exact) mass is 368 g/mol. The number of benzene rings is 3. The maximum atomic E-state index is 13.3. The third-order valence-corrected chi connectivity index (χ3v) is 5.37. The van der Waals surface area contributed by atoms with Crippen molar-refractivity contribution in [3.05, 3.63) is 101 Å². The quantitative estimate of drug-likeness (QED) is 0.627. The van der Waals surface area contributed by atoms with E-state index in [1.807, 2.05) is 72.6 Å². The van der Waals surface area contributed by atoms with Gasteiger partial charge in [-0.2, -0.15) is 5.10 Å². The first-order valence-electron chi connectivity index (χ1n) is 9.48. The summed E-state index contributed by atoms with van der Waals surface area (Å²) < 4.78 is 6.15. The fourth-order valence-electron chi connectivity index (χ4n) is 3.87. The Morgan fingerprint density at radius 1 is 0.964 bits per heavy atom. The van der Waals surface area contributed by atoms with E-state index >= 15 is 0 Å². The fourth-order valence-corrected chi connectivity index (χ4v) is 3.87. The molecule has 0 amide bonds. The SMILES string of the molecule is Cc1ccc(C(=O)[C@@H]2Oc3ccccc3[C@@H]3CC(c4ccccc4)=NN23)cc1. The lowest BCUT2D eigenvalue weighted by atomic mass is 9.96. The number of ether oxygens (including phenoxy) is 1. The Kier molecular flexibility index (Phi) is 3.97. The van der Waals surface area contributed by atoms with Gasteiger partial charge in [-0.1, -0.05) is 78.4 Å². The second kappa shape index (κ2) is 6.64. The molecule has 0 N–H and O–H groups in total. The number of Topliss-reactive ketones (excluding diaryl/α,β-unsaturated/α-hetero) is 1. The van der Waals surface area contributed by atoms with Crippen molar-refractivity contribution in [1.29, 1.82) is 0 Å². The van der Waals surface area contributed by atoms with Crippen LogP contribution in [0.4, 0.5) is 0 Å². The molecule has 0 fully saturated rings. The van der Waals surface area contributed by atoms with Gasteiger partial charge in [0.1, 0.15) is 5.75 Å². The molecule has 0 saturated heterocycles. The molecule has 4 nitrogen and oxygen atoms in total. The zero-order valence-electron chi connectivity index (χ0n) is 15.6. The molecule has 0 saturated carbocycles. The Bertz CT molecular complexity index is 1060. The predicted octanol–water partition coefficient (Wildman–Crippen LogP) is 4.75. The smallest absolute Gasteiger partial charge is 0.251 e. The molecule has 28 heavy (non-hydrogen) atoms. The maximum absolute atomic E-state index is 13.3. The lowest BCUT2D eigenvalue weighted by Gasteiger charge is -2.37. The van der Waals surface area contributed by atoms with Crippen LogP contribution in [0, 0.1) is 6.92 Å². The highest BCUT2D eigenvalue weighted by Gasteiger charge is 2.43. The number of hydrogen-bond acceptors (Lipinski definition) is 4. The number of fused-ring (bicyclic) bond motifs is 3. The normalized spacial score (nSPS) is 20.0. The first kappa shape index (κ1) is 16.8. The summed E-state index contributed by atoms with van der Waals surface area (Å²) in [4.78, 5) is 13.3. The van der Waals surface area contributed by atoms with E-state index in [0.717, 1.165) is 34.6 Å². The van der Waals surface area contributed by atoms with Crippen LogP contribution < -0.4 is 4.74 Å². The van der Waals surface area contributed by atoms with Crippen molar-refractivity contribution in [1.82, 2.24) is 5.01 Å². The third kappa shape index (κ3) is 2.78. The van der Waals surface area contributed by atoms with Gasteiger partial charge in [-0.25, -0.2) is 5.01 Å². The number of hydrazone groups is 1. The molecule has 0 bridgehead atoms. The van der Waals surface area contributed by atoms with Gasteiger partial charge >= 0.3 is 0 Å². The molecule has 0 radical (unpaired) electrons. The van der Waals surface area contributed by atoms with Crippen LogP contribution in [0.15, 0.2) is 84.0 Å².